The number of hydrogen-bond acceptors (Lipinski definition) is 3. The number of tetrazole rings is 1. The normalized spacial score (nSPS) is 10.4. The van der Waals surface area contributed by atoms with Crippen LogP contribution in [0.4, 0.5) is 0 Å². The Morgan fingerprint density at radius 1 is 0.889 bits per heavy atom. The van der Waals surface area contributed by atoms with E-state index in [1.165, 1.54) is 9.59 Å². The molecular weight excluding hydrogens is 228 g/mol. The topological polar surface area (TPSA) is 57.7 Å². The zero-order valence-corrected chi connectivity index (χ0v) is 9.47. The van der Waals surface area contributed by atoms with Gasteiger partial charge in [-0.1, -0.05) is 36.4 Å². The van der Waals surface area contributed by atoms with E-state index in [2.05, 4.69) is 10.2 Å². The highest BCUT2D eigenvalue weighted by Gasteiger charge is 2.16. The van der Waals surface area contributed by atoms with Crippen molar-refractivity contribution in [3.63, 3.8) is 0 Å². The van der Waals surface area contributed by atoms with Gasteiger partial charge in [0.2, 0.25) is 0 Å². The van der Waals surface area contributed by atoms with Crippen molar-refractivity contribution in [2.24, 2.45) is 0 Å². The molecule has 2 aromatic carbocycles. The molecule has 0 saturated heterocycles. The maximum Gasteiger partial charge on any atom is 0.277 e. The van der Waals surface area contributed by atoms with E-state index in [4.69, 9.17) is 0 Å². The van der Waals surface area contributed by atoms with Crippen LogP contribution in [0.15, 0.2) is 60.7 Å². The van der Waals surface area contributed by atoms with Gasteiger partial charge in [0.15, 0.2) is 5.69 Å². The maximum atomic E-state index is 11.4. The van der Waals surface area contributed by atoms with Crippen molar-refractivity contribution in [2.45, 2.75) is 0 Å². The van der Waals surface area contributed by atoms with Gasteiger partial charge in [0.05, 0.1) is 5.10 Å². The summed E-state index contributed by atoms with van der Waals surface area (Å²) in [5, 5.41) is 19.1. The molecule has 5 heteroatoms. The number of aromatic nitrogens is 4. The predicted molar refractivity (Wildman–Crippen MR) is 62.3 cm³/mol. The zero-order chi connectivity index (χ0) is 12.4. The van der Waals surface area contributed by atoms with Gasteiger partial charge < -0.3 is 5.11 Å². The summed E-state index contributed by atoms with van der Waals surface area (Å²) in [6.07, 6.45) is 0. The fourth-order valence-corrected chi connectivity index (χ4v) is 1.72. The standard InChI is InChI=1S/C13H10N4O/c18-13-14-16(11-7-3-1-4-8-11)17(15-13)12-9-5-2-6-10-12/h1-10H. The van der Waals surface area contributed by atoms with Crippen molar-refractivity contribution in [3.05, 3.63) is 60.7 Å². The average Bonchev–Trinajstić information content (AvgIpc) is 2.83. The molecule has 0 aliphatic carbocycles. The molecular formula is C13H10N4O. The second-order valence-corrected chi connectivity index (χ2v) is 3.73. The summed E-state index contributed by atoms with van der Waals surface area (Å²) in [4.78, 5) is 2.97. The first-order valence-corrected chi connectivity index (χ1v) is 5.52. The molecule has 3 aromatic rings. The third kappa shape index (κ3) is 1.82. The fourth-order valence-electron chi connectivity index (χ4n) is 1.72. The highest BCUT2D eigenvalue weighted by Crippen LogP contribution is 2.05. The Balaban J connectivity index is 2.17. The lowest BCUT2D eigenvalue weighted by Crippen LogP contribution is -2.43. The van der Waals surface area contributed by atoms with Crippen LogP contribution in [0.2, 0.25) is 0 Å². The summed E-state index contributed by atoms with van der Waals surface area (Å²) in [6, 6.07) is 18.3. The van der Waals surface area contributed by atoms with Crippen molar-refractivity contribution in [3.8, 4) is 17.4 Å². The molecule has 0 unspecified atom stereocenters. The van der Waals surface area contributed by atoms with E-state index in [1.54, 1.807) is 0 Å². The number of hydrogen-bond donors (Lipinski definition) is 0. The van der Waals surface area contributed by atoms with E-state index in [9.17, 15) is 5.11 Å². The molecule has 0 bridgehead atoms. The van der Waals surface area contributed by atoms with Crippen molar-refractivity contribution < 1.29 is 9.90 Å². The monoisotopic (exact) mass is 238 g/mol. The number of rotatable bonds is 2. The smallest absolute Gasteiger partial charge is 0.277 e. The summed E-state index contributed by atoms with van der Waals surface area (Å²) in [5.41, 5.74) is 1.58. The molecule has 0 spiro atoms. The summed E-state index contributed by atoms with van der Waals surface area (Å²) >= 11 is 0. The van der Waals surface area contributed by atoms with Crippen LogP contribution in [0.5, 0.6) is 6.01 Å². The van der Waals surface area contributed by atoms with Crippen molar-refractivity contribution >= 4 is 0 Å². The molecule has 88 valence electrons. The minimum Gasteiger partial charge on any atom is -0.820 e. The van der Waals surface area contributed by atoms with Crippen LogP contribution in [0.1, 0.15) is 0 Å². The van der Waals surface area contributed by atoms with Crippen LogP contribution >= 0.6 is 0 Å². The van der Waals surface area contributed by atoms with Gasteiger partial charge in [0, 0.05) is 4.80 Å². The summed E-state index contributed by atoms with van der Waals surface area (Å²) in [7, 11) is 0. The highest BCUT2D eigenvalue weighted by atomic mass is 16.3. The molecule has 5 nitrogen and oxygen atoms in total. The van der Waals surface area contributed by atoms with Crippen molar-refractivity contribution in [2.75, 3.05) is 0 Å². The minimum absolute atomic E-state index is 0.511. The van der Waals surface area contributed by atoms with E-state index >= 15 is 0 Å². The van der Waals surface area contributed by atoms with Gasteiger partial charge in [-0.2, -0.15) is 0 Å². The quantitative estimate of drug-likeness (QED) is 0.615. The molecule has 0 amide bonds. The fraction of sp³-hybridized carbons (Fsp3) is 0. The van der Waals surface area contributed by atoms with Gasteiger partial charge in [0.25, 0.3) is 6.01 Å². The van der Waals surface area contributed by atoms with Crippen LogP contribution in [-0.2, 0) is 0 Å². The molecule has 0 N–H and O–H groups in total. The SMILES string of the molecule is [O-]c1nn(-c2ccccc2)[n+](-c2ccccc2)n1. The van der Waals surface area contributed by atoms with Crippen molar-refractivity contribution in [1.82, 2.24) is 15.0 Å². The molecule has 0 aliphatic rings. The van der Waals surface area contributed by atoms with Crippen LogP contribution in [-0.4, -0.2) is 15.0 Å². The third-order valence-electron chi connectivity index (χ3n) is 2.51. The first-order chi connectivity index (χ1) is 8.84. The summed E-state index contributed by atoms with van der Waals surface area (Å²) < 4.78 is 0. The average molecular weight is 238 g/mol. The Hall–Kier alpha value is -2.69. The minimum atomic E-state index is -0.511. The number of para-hydroxylation sites is 2. The van der Waals surface area contributed by atoms with Gasteiger partial charge in [-0.05, 0) is 34.2 Å². The van der Waals surface area contributed by atoms with Crippen LogP contribution in [0.25, 0.3) is 11.4 Å². The largest absolute Gasteiger partial charge is 0.820 e. The first kappa shape index (κ1) is 10.5. The van der Waals surface area contributed by atoms with Gasteiger partial charge in [0.1, 0.15) is 5.69 Å². The van der Waals surface area contributed by atoms with E-state index in [0.29, 0.717) is 0 Å². The lowest BCUT2D eigenvalue weighted by atomic mass is 10.3. The summed E-state index contributed by atoms with van der Waals surface area (Å²) in [5.74, 6) is 0. The van der Waals surface area contributed by atoms with Gasteiger partial charge in [-0.3, -0.25) is 0 Å². The second kappa shape index (κ2) is 4.29. The number of benzene rings is 2. The molecule has 0 aliphatic heterocycles. The van der Waals surface area contributed by atoms with Gasteiger partial charge >= 0.3 is 0 Å². The Morgan fingerprint density at radius 2 is 1.50 bits per heavy atom. The van der Waals surface area contributed by atoms with E-state index in [1.807, 2.05) is 60.7 Å². The van der Waals surface area contributed by atoms with Crippen LogP contribution < -0.4 is 9.90 Å². The Kier molecular flexibility index (Phi) is 2.49. The molecule has 1 heterocycles. The summed E-state index contributed by atoms with van der Waals surface area (Å²) in [6.45, 7) is 0. The third-order valence-corrected chi connectivity index (χ3v) is 2.51. The zero-order valence-electron chi connectivity index (χ0n) is 9.47. The lowest BCUT2D eigenvalue weighted by molar-refractivity contribution is -0.736. The molecule has 0 radical (unpaired) electrons. The molecule has 0 atom stereocenters. The van der Waals surface area contributed by atoms with Crippen LogP contribution in [0.3, 0.4) is 0 Å². The molecule has 1 aromatic heterocycles. The molecule has 0 saturated carbocycles. The molecule has 3 rings (SSSR count). The Bertz CT molecular complexity index is 592. The highest BCUT2D eigenvalue weighted by molar-refractivity contribution is 5.28. The van der Waals surface area contributed by atoms with E-state index < -0.39 is 6.01 Å². The van der Waals surface area contributed by atoms with E-state index in [-0.39, 0.29) is 0 Å². The van der Waals surface area contributed by atoms with E-state index in [0.717, 1.165) is 11.4 Å². The predicted octanol–water partition coefficient (Wildman–Crippen LogP) is 0.618. The first-order valence-electron chi connectivity index (χ1n) is 5.52. The van der Waals surface area contributed by atoms with Gasteiger partial charge in [-0.25, -0.2) is 0 Å². The maximum absolute atomic E-state index is 11.4. The Morgan fingerprint density at radius 3 is 2.17 bits per heavy atom. The Labute approximate surface area is 104 Å². The van der Waals surface area contributed by atoms with Gasteiger partial charge in [-0.15, -0.1) is 0 Å². The van der Waals surface area contributed by atoms with Crippen LogP contribution in [0, 0.1) is 0 Å². The number of nitrogens with zero attached hydrogens (tertiary/aromatic N) is 4. The second-order valence-electron chi connectivity index (χ2n) is 3.73. The molecule has 18 heavy (non-hydrogen) atoms. The lowest BCUT2D eigenvalue weighted by Gasteiger charge is -1.98. The van der Waals surface area contributed by atoms with Crippen molar-refractivity contribution in [1.29, 1.82) is 0 Å². The molecule has 0 fully saturated rings.